The number of amides is 1. The number of fused-ring (bicyclic) bond motifs is 1. The van der Waals surface area contributed by atoms with Crippen molar-refractivity contribution in [3.05, 3.63) is 47.3 Å². The Labute approximate surface area is 118 Å². The molecule has 5 nitrogen and oxygen atoms in total. The van der Waals surface area contributed by atoms with E-state index in [9.17, 15) is 4.79 Å². The smallest absolute Gasteiger partial charge is 0.279 e. The molecule has 0 fully saturated rings. The summed E-state index contributed by atoms with van der Waals surface area (Å²) in [5.74, 6) is -0.0418. The van der Waals surface area contributed by atoms with Crippen LogP contribution in [-0.4, -0.2) is 29.2 Å². The lowest BCUT2D eigenvalue weighted by Gasteiger charge is -2.21. The third-order valence-corrected chi connectivity index (χ3v) is 3.64. The summed E-state index contributed by atoms with van der Waals surface area (Å²) in [4.78, 5) is 14.5. The van der Waals surface area contributed by atoms with Gasteiger partial charge in [0.15, 0.2) is 5.69 Å². The lowest BCUT2D eigenvalue weighted by molar-refractivity contribution is 0.0982. The Balaban J connectivity index is 1.93. The van der Waals surface area contributed by atoms with Gasteiger partial charge in [0.05, 0.1) is 0 Å². The highest BCUT2D eigenvalue weighted by molar-refractivity contribution is 6.05. The second kappa shape index (κ2) is 5.46. The van der Waals surface area contributed by atoms with Crippen molar-refractivity contribution in [2.24, 2.45) is 0 Å². The Morgan fingerprint density at radius 2 is 2.15 bits per heavy atom. The van der Waals surface area contributed by atoms with Crippen LogP contribution in [0.1, 0.15) is 28.7 Å². The molecule has 0 unspecified atom stereocenters. The highest BCUT2D eigenvalue weighted by Crippen LogP contribution is 2.20. The van der Waals surface area contributed by atoms with Crippen LogP contribution < -0.4 is 10.2 Å². The van der Waals surface area contributed by atoms with Gasteiger partial charge in [-0.2, -0.15) is 5.10 Å². The number of carbonyl (C=O) groups excluding carboxylic acids is 1. The van der Waals surface area contributed by atoms with E-state index in [-0.39, 0.29) is 5.91 Å². The van der Waals surface area contributed by atoms with E-state index in [0.717, 1.165) is 29.9 Å². The van der Waals surface area contributed by atoms with E-state index < -0.39 is 0 Å². The van der Waals surface area contributed by atoms with Gasteiger partial charge in [-0.1, -0.05) is 18.2 Å². The van der Waals surface area contributed by atoms with Crippen molar-refractivity contribution < 1.29 is 4.79 Å². The van der Waals surface area contributed by atoms with E-state index in [1.807, 2.05) is 37.3 Å². The van der Waals surface area contributed by atoms with Gasteiger partial charge in [-0.15, -0.1) is 0 Å². The van der Waals surface area contributed by atoms with Crippen LogP contribution in [-0.2, 0) is 13.0 Å². The molecule has 2 N–H and O–H groups in total. The maximum Gasteiger partial charge on any atom is 0.279 e. The summed E-state index contributed by atoms with van der Waals surface area (Å²) < 4.78 is 0. The number of anilines is 1. The van der Waals surface area contributed by atoms with Gasteiger partial charge < -0.3 is 10.2 Å². The van der Waals surface area contributed by atoms with Gasteiger partial charge in [0.2, 0.25) is 0 Å². The van der Waals surface area contributed by atoms with E-state index in [1.165, 1.54) is 0 Å². The molecule has 0 atom stereocenters. The first-order valence-electron chi connectivity index (χ1n) is 6.95. The van der Waals surface area contributed by atoms with E-state index in [2.05, 4.69) is 15.5 Å². The van der Waals surface area contributed by atoms with Gasteiger partial charge in [-0.25, -0.2) is 0 Å². The molecule has 0 aliphatic carbocycles. The van der Waals surface area contributed by atoms with E-state index in [0.29, 0.717) is 18.8 Å². The second-order valence-electron chi connectivity index (χ2n) is 4.84. The molecule has 1 aromatic carbocycles. The molecule has 0 radical (unpaired) electrons. The van der Waals surface area contributed by atoms with Crippen molar-refractivity contribution in [1.29, 1.82) is 0 Å². The van der Waals surface area contributed by atoms with Crippen LogP contribution in [0.3, 0.4) is 0 Å². The largest absolute Gasteiger partial charge is 0.312 e. The fourth-order valence-electron chi connectivity index (χ4n) is 2.58. The van der Waals surface area contributed by atoms with Crippen LogP contribution in [0.15, 0.2) is 30.3 Å². The molecule has 104 valence electrons. The summed E-state index contributed by atoms with van der Waals surface area (Å²) in [7, 11) is 0. The molecule has 3 rings (SSSR count). The topological polar surface area (TPSA) is 61.0 Å². The SMILES string of the molecule is CCN(C(=O)c1n[nH]c2c1CNCC2)c1ccccc1. The standard InChI is InChI=1S/C15H18N4O/c1-2-19(11-6-4-3-5-7-11)15(20)14-12-10-16-9-8-13(12)17-18-14/h3-7,16H,2,8-10H2,1H3,(H,17,18). The summed E-state index contributed by atoms with van der Waals surface area (Å²) in [5, 5.41) is 10.5. The van der Waals surface area contributed by atoms with Crippen LogP contribution in [0.25, 0.3) is 0 Å². The number of hydrogen-bond donors (Lipinski definition) is 2. The first-order chi connectivity index (χ1) is 9.81. The highest BCUT2D eigenvalue weighted by Gasteiger charge is 2.25. The number of carbonyl (C=O) groups is 1. The number of nitrogens with zero attached hydrogens (tertiary/aromatic N) is 2. The zero-order chi connectivity index (χ0) is 13.9. The van der Waals surface area contributed by atoms with Crippen LogP contribution in [0, 0.1) is 0 Å². The fraction of sp³-hybridized carbons (Fsp3) is 0.333. The van der Waals surface area contributed by atoms with E-state index in [1.54, 1.807) is 4.90 Å². The third-order valence-electron chi connectivity index (χ3n) is 3.64. The molecule has 0 saturated carbocycles. The molecule has 1 aliphatic heterocycles. The Morgan fingerprint density at radius 1 is 1.35 bits per heavy atom. The van der Waals surface area contributed by atoms with Gasteiger partial charge in [0, 0.05) is 43.0 Å². The lowest BCUT2D eigenvalue weighted by Crippen LogP contribution is -2.33. The first kappa shape index (κ1) is 12.9. The molecular formula is C15H18N4O. The maximum absolute atomic E-state index is 12.7. The molecule has 2 aromatic rings. The van der Waals surface area contributed by atoms with Gasteiger partial charge >= 0.3 is 0 Å². The molecule has 0 spiro atoms. The summed E-state index contributed by atoms with van der Waals surface area (Å²) >= 11 is 0. The number of nitrogens with one attached hydrogen (secondary N) is 2. The zero-order valence-corrected chi connectivity index (χ0v) is 11.5. The average molecular weight is 270 g/mol. The number of benzene rings is 1. The zero-order valence-electron chi connectivity index (χ0n) is 11.5. The number of H-pyrrole nitrogens is 1. The van der Waals surface area contributed by atoms with Crippen molar-refractivity contribution in [2.45, 2.75) is 19.9 Å². The summed E-state index contributed by atoms with van der Waals surface area (Å²) in [6.45, 7) is 4.23. The third kappa shape index (κ3) is 2.20. The lowest BCUT2D eigenvalue weighted by atomic mass is 10.1. The minimum atomic E-state index is -0.0418. The van der Waals surface area contributed by atoms with Crippen LogP contribution in [0.5, 0.6) is 0 Å². The number of para-hydroxylation sites is 1. The molecular weight excluding hydrogens is 252 g/mol. The Hall–Kier alpha value is -2.14. The maximum atomic E-state index is 12.7. The predicted molar refractivity (Wildman–Crippen MR) is 77.8 cm³/mol. The second-order valence-corrected chi connectivity index (χ2v) is 4.84. The fourth-order valence-corrected chi connectivity index (χ4v) is 2.58. The number of aromatic nitrogens is 2. The Morgan fingerprint density at radius 3 is 2.90 bits per heavy atom. The molecule has 2 heterocycles. The minimum absolute atomic E-state index is 0.0418. The summed E-state index contributed by atoms with van der Waals surface area (Å²) in [6.07, 6.45) is 0.896. The number of hydrogen-bond acceptors (Lipinski definition) is 3. The monoisotopic (exact) mass is 270 g/mol. The van der Waals surface area contributed by atoms with Crippen LogP contribution in [0.4, 0.5) is 5.69 Å². The number of rotatable bonds is 3. The Bertz CT molecular complexity index is 606. The van der Waals surface area contributed by atoms with Crippen LogP contribution in [0.2, 0.25) is 0 Å². The van der Waals surface area contributed by atoms with Gasteiger partial charge in [-0.05, 0) is 19.1 Å². The van der Waals surface area contributed by atoms with Gasteiger partial charge in [0.1, 0.15) is 0 Å². The van der Waals surface area contributed by atoms with Crippen molar-refractivity contribution in [3.63, 3.8) is 0 Å². The van der Waals surface area contributed by atoms with E-state index in [4.69, 9.17) is 0 Å². The minimum Gasteiger partial charge on any atom is -0.312 e. The quantitative estimate of drug-likeness (QED) is 0.892. The molecule has 5 heteroatoms. The van der Waals surface area contributed by atoms with Crippen molar-refractivity contribution >= 4 is 11.6 Å². The van der Waals surface area contributed by atoms with Crippen LogP contribution >= 0.6 is 0 Å². The number of aromatic amines is 1. The molecule has 1 aromatic heterocycles. The van der Waals surface area contributed by atoms with Crippen molar-refractivity contribution in [2.75, 3.05) is 18.0 Å². The van der Waals surface area contributed by atoms with Gasteiger partial charge in [0.25, 0.3) is 5.91 Å². The van der Waals surface area contributed by atoms with Gasteiger partial charge in [-0.3, -0.25) is 9.89 Å². The van der Waals surface area contributed by atoms with Crippen molar-refractivity contribution in [1.82, 2.24) is 15.5 Å². The summed E-state index contributed by atoms with van der Waals surface area (Å²) in [5.41, 5.74) is 3.53. The van der Waals surface area contributed by atoms with E-state index >= 15 is 0 Å². The molecule has 1 amide bonds. The Kier molecular flexibility index (Phi) is 3.52. The molecule has 1 aliphatic rings. The van der Waals surface area contributed by atoms with Crippen molar-refractivity contribution in [3.8, 4) is 0 Å². The normalized spacial score (nSPS) is 13.8. The predicted octanol–water partition coefficient (Wildman–Crippen LogP) is 1.72. The first-order valence-corrected chi connectivity index (χ1v) is 6.95. The highest BCUT2D eigenvalue weighted by atomic mass is 16.2. The molecule has 20 heavy (non-hydrogen) atoms. The molecule has 0 bridgehead atoms. The molecule has 0 saturated heterocycles. The summed E-state index contributed by atoms with van der Waals surface area (Å²) in [6, 6.07) is 9.71. The average Bonchev–Trinajstić information content (AvgIpc) is 2.93.